The number of aromatic nitrogens is 2. The Morgan fingerprint density at radius 3 is 2.49 bits per heavy atom. The van der Waals surface area contributed by atoms with E-state index in [9.17, 15) is 8.42 Å². The maximum absolute atomic E-state index is 12.9. The van der Waals surface area contributed by atoms with E-state index in [0.29, 0.717) is 29.7 Å². The molecule has 3 aromatic rings. The van der Waals surface area contributed by atoms with Crippen LogP contribution in [0.5, 0.6) is 0 Å². The highest BCUT2D eigenvalue weighted by Crippen LogP contribution is 2.25. The summed E-state index contributed by atoms with van der Waals surface area (Å²) in [5, 5.41) is 3.32. The summed E-state index contributed by atoms with van der Waals surface area (Å²) in [5.74, 6) is 3.04. The summed E-state index contributed by atoms with van der Waals surface area (Å²) in [4.78, 5) is 18.6. The lowest BCUT2D eigenvalue weighted by molar-refractivity contribution is 0.312. The molecule has 0 atom stereocenters. The van der Waals surface area contributed by atoms with Gasteiger partial charge in [0, 0.05) is 37.9 Å². The van der Waals surface area contributed by atoms with Crippen LogP contribution in [0.3, 0.4) is 0 Å². The molecule has 1 fully saturated rings. The van der Waals surface area contributed by atoms with Gasteiger partial charge in [0.1, 0.15) is 23.3 Å². The first-order valence-corrected chi connectivity index (χ1v) is 13.7. The molecule has 192 valence electrons. The van der Waals surface area contributed by atoms with E-state index < -0.39 is 10.0 Å². The zero-order valence-electron chi connectivity index (χ0n) is 21.3. The number of hydrogen-bond donors (Lipinski definition) is 2. The number of aliphatic imine (C=N–C) groups is 1. The Labute approximate surface area is 218 Å². The van der Waals surface area contributed by atoms with Gasteiger partial charge in [-0.15, -0.1) is 0 Å². The smallest absolute Gasteiger partial charge is 0.261 e. The molecule has 10 heteroatoms. The van der Waals surface area contributed by atoms with Crippen LogP contribution < -0.4 is 14.9 Å². The molecule has 3 heterocycles. The molecule has 2 aliphatic heterocycles. The van der Waals surface area contributed by atoms with Crippen LogP contribution in [0, 0.1) is 13.8 Å². The van der Waals surface area contributed by atoms with Gasteiger partial charge in [-0.05, 0) is 67.9 Å². The van der Waals surface area contributed by atoms with Crippen LogP contribution in [0.1, 0.15) is 17.0 Å². The first-order valence-electron chi connectivity index (χ1n) is 12.3. The molecule has 2 N–H and O–H groups in total. The molecule has 2 aliphatic rings. The third-order valence-corrected chi connectivity index (χ3v) is 7.80. The average molecular weight is 518 g/mol. The van der Waals surface area contributed by atoms with E-state index in [1.54, 1.807) is 24.3 Å². The monoisotopic (exact) mass is 517 g/mol. The molecule has 5 rings (SSSR count). The van der Waals surface area contributed by atoms with Gasteiger partial charge in [0.05, 0.1) is 11.4 Å². The van der Waals surface area contributed by atoms with Gasteiger partial charge < -0.3 is 15.1 Å². The zero-order chi connectivity index (χ0) is 26.0. The average Bonchev–Trinajstić information content (AvgIpc) is 3.32. The van der Waals surface area contributed by atoms with E-state index in [-0.39, 0.29) is 4.90 Å². The van der Waals surface area contributed by atoms with E-state index in [2.05, 4.69) is 41.8 Å². The molecular weight excluding hydrogens is 486 g/mol. The van der Waals surface area contributed by atoms with Crippen LogP contribution >= 0.6 is 0 Å². The van der Waals surface area contributed by atoms with Crippen LogP contribution in [-0.2, 0) is 10.0 Å². The standard InChI is InChI=1S/C27H31N7O2S/c1-19-6-4-9-24(14-19)37(35,36)32-23-8-5-7-21(15-23)22-16-25(28-18-22)31-26-17-27(30-20(2)29-26)34-12-10-33(3)11-13-34/h4-9,14-17,32H,10-13,18H2,1-3H3,(H,28,29,30,31). The summed E-state index contributed by atoms with van der Waals surface area (Å²) in [7, 11) is -1.55. The molecule has 9 nitrogen and oxygen atoms in total. The fourth-order valence-electron chi connectivity index (χ4n) is 4.40. The Bertz CT molecular complexity index is 1480. The van der Waals surface area contributed by atoms with Crippen molar-refractivity contribution in [1.29, 1.82) is 0 Å². The number of rotatable bonds is 6. The maximum Gasteiger partial charge on any atom is 0.261 e. The number of anilines is 3. The molecule has 0 aliphatic carbocycles. The van der Waals surface area contributed by atoms with Crippen molar-refractivity contribution in [2.24, 2.45) is 4.99 Å². The van der Waals surface area contributed by atoms with E-state index >= 15 is 0 Å². The van der Waals surface area contributed by atoms with Gasteiger partial charge in [0.2, 0.25) is 0 Å². The number of nitrogens with one attached hydrogen (secondary N) is 2. The predicted octanol–water partition coefficient (Wildman–Crippen LogP) is 3.55. The molecule has 0 unspecified atom stereocenters. The number of nitrogens with zero attached hydrogens (tertiary/aromatic N) is 5. The van der Waals surface area contributed by atoms with E-state index in [1.807, 2.05) is 50.3 Å². The Morgan fingerprint density at radius 2 is 1.70 bits per heavy atom. The molecule has 0 spiro atoms. The molecule has 1 saturated heterocycles. The number of piperazine rings is 1. The van der Waals surface area contributed by atoms with Crippen molar-refractivity contribution >= 4 is 38.8 Å². The van der Waals surface area contributed by atoms with Crippen molar-refractivity contribution in [2.75, 3.05) is 54.7 Å². The number of likely N-dealkylation sites (N-methyl/N-ethyl adjacent to an activating group) is 1. The molecular formula is C27H31N7O2S. The van der Waals surface area contributed by atoms with Crippen LogP contribution in [0.15, 0.2) is 70.6 Å². The summed E-state index contributed by atoms with van der Waals surface area (Å²) in [5.41, 5.74) is 3.29. The first kappa shape index (κ1) is 24.9. The minimum absolute atomic E-state index is 0.240. The largest absolute Gasteiger partial charge is 0.354 e. The molecule has 0 amide bonds. The van der Waals surface area contributed by atoms with E-state index in [4.69, 9.17) is 0 Å². The van der Waals surface area contributed by atoms with Crippen molar-refractivity contribution in [1.82, 2.24) is 14.9 Å². The number of amidine groups is 1. The Balaban J connectivity index is 1.29. The highest BCUT2D eigenvalue weighted by Gasteiger charge is 2.19. The lowest BCUT2D eigenvalue weighted by Gasteiger charge is -2.33. The lowest BCUT2D eigenvalue weighted by atomic mass is 10.1. The van der Waals surface area contributed by atoms with Gasteiger partial charge >= 0.3 is 0 Å². The van der Waals surface area contributed by atoms with Crippen LogP contribution in [-0.4, -0.2) is 68.9 Å². The Hall–Kier alpha value is -3.76. The third-order valence-electron chi connectivity index (χ3n) is 6.42. The number of hydrogen-bond acceptors (Lipinski definition) is 8. The van der Waals surface area contributed by atoms with E-state index in [1.165, 1.54) is 0 Å². The highest BCUT2D eigenvalue weighted by atomic mass is 32.2. The molecule has 0 bridgehead atoms. The summed E-state index contributed by atoms with van der Waals surface area (Å²) in [6.07, 6.45) is 1.97. The second-order valence-corrected chi connectivity index (χ2v) is 11.1. The summed E-state index contributed by atoms with van der Waals surface area (Å²) < 4.78 is 28.4. The second kappa shape index (κ2) is 10.3. The molecule has 0 saturated carbocycles. The molecule has 1 aromatic heterocycles. The molecule has 37 heavy (non-hydrogen) atoms. The summed E-state index contributed by atoms with van der Waals surface area (Å²) in [6.45, 7) is 8.13. The number of sulfonamides is 1. The van der Waals surface area contributed by atoms with Gasteiger partial charge in [-0.2, -0.15) is 0 Å². The normalized spacial score (nSPS) is 16.4. The van der Waals surface area contributed by atoms with Crippen molar-refractivity contribution in [3.05, 3.63) is 77.6 Å². The quantitative estimate of drug-likeness (QED) is 0.515. The minimum Gasteiger partial charge on any atom is -0.354 e. The highest BCUT2D eigenvalue weighted by molar-refractivity contribution is 7.92. The molecule has 2 aromatic carbocycles. The zero-order valence-corrected chi connectivity index (χ0v) is 22.1. The van der Waals surface area contributed by atoms with Crippen molar-refractivity contribution in [2.45, 2.75) is 18.7 Å². The summed E-state index contributed by atoms with van der Waals surface area (Å²) >= 11 is 0. The van der Waals surface area contributed by atoms with E-state index in [0.717, 1.165) is 48.7 Å². The van der Waals surface area contributed by atoms with Gasteiger partial charge in [0.25, 0.3) is 10.0 Å². The van der Waals surface area contributed by atoms with Crippen LogP contribution in [0.25, 0.3) is 5.57 Å². The fourth-order valence-corrected chi connectivity index (χ4v) is 5.55. The van der Waals surface area contributed by atoms with Crippen molar-refractivity contribution < 1.29 is 8.42 Å². The fraction of sp³-hybridized carbons (Fsp3) is 0.296. The second-order valence-electron chi connectivity index (χ2n) is 9.45. The maximum atomic E-state index is 12.9. The van der Waals surface area contributed by atoms with Crippen LogP contribution in [0.2, 0.25) is 0 Å². The third kappa shape index (κ3) is 5.98. The SMILES string of the molecule is Cc1cccc(S(=O)(=O)Nc2cccc(C3=CC(Nc4cc(N5CCN(C)CC5)nc(C)n4)=NC3)c2)c1. The van der Waals surface area contributed by atoms with Gasteiger partial charge in [-0.25, -0.2) is 18.4 Å². The Morgan fingerprint density at radius 1 is 0.919 bits per heavy atom. The summed E-state index contributed by atoms with van der Waals surface area (Å²) in [6, 6.07) is 16.2. The molecule has 0 radical (unpaired) electrons. The van der Waals surface area contributed by atoms with Crippen LogP contribution in [0.4, 0.5) is 17.3 Å². The number of benzene rings is 2. The topological polar surface area (TPSA) is 103 Å². The van der Waals surface area contributed by atoms with Gasteiger partial charge in [0.15, 0.2) is 0 Å². The van der Waals surface area contributed by atoms with Gasteiger partial charge in [-0.1, -0.05) is 24.3 Å². The number of aryl methyl sites for hydroxylation is 2. The Kier molecular flexibility index (Phi) is 6.94. The van der Waals surface area contributed by atoms with Crippen molar-refractivity contribution in [3.63, 3.8) is 0 Å². The van der Waals surface area contributed by atoms with Gasteiger partial charge in [-0.3, -0.25) is 9.71 Å². The van der Waals surface area contributed by atoms with Crippen molar-refractivity contribution in [3.8, 4) is 0 Å². The first-order chi connectivity index (χ1) is 17.7. The minimum atomic E-state index is -3.68. The predicted molar refractivity (Wildman–Crippen MR) is 149 cm³/mol. The lowest BCUT2D eigenvalue weighted by Crippen LogP contribution is -2.44.